The normalized spacial score (nSPS) is 11.3. The molecular weight excluding hydrogens is 364 g/mol. The average molecular weight is 383 g/mol. The second-order valence-electron chi connectivity index (χ2n) is 5.88. The average Bonchev–Trinajstić information content (AvgIpc) is 2.94. The number of hydrogen-bond acceptors (Lipinski definition) is 1. The number of halogens is 1. The number of aryl methyl sites for hydroxylation is 3. The zero-order chi connectivity index (χ0) is 16.4. The fraction of sp³-hybridized carbons (Fsp3) is 0.143. The molecule has 0 bridgehead atoms. The van der Waals surface area contributed by atoms with E-state index in [0.717, 1.165) is 3.79 Å². The second-order valence-corrected chi connectivity index (χ2v) is 8.38. The SMILES string of the molecule is Cc1ccc(C)c(-c2cc(C)ccc2C=Cc2ccc(Br)s2)c1. The van der Waals surface area contributed by atoms with Crippen LogP contribution in [0.3, 0.4) is 0 Å². The molecule has 0 spiro atoms. The van der Waals surface area contributed by atoms with Crippen LogP contribution in [0.2, 0.25) is 0 Å². The summed E-state index contributed by atoms with van der Waals surface area (Å²) in [4.78, 5) is 1.25. The number of rotatable bonds is 3. The van der Waals surface area contributed by atoms with Crippen molar-refractivity contribution in [3.63, 3.8) is 0 Å². The van der Waals surface area contributed by atoms with Gasteiger partial charge in [0.1, 0.15) is 0 Å². The van der Waals surface area contributed by atoms with E-state index < -0.39 is 0 Å². The van der Waals surface area contributed by atoms with Gasteiger partial charge in [0.2, 0.25) is 0 Å². The lowest BCUT2D eigenvalue weighted by atomic mass is 9.93. The van der Waals surface area contributed by atoms with E-state index in [9.17, 15) is 0 Å². The Bertz CT molecular complexity index is 871. The van der Waals surface area contributed by atoms with Crippen LogP contribution in [0.1, 0.15) is 27.1 Å². The van der Waals surface area contributed by atoms with Crippen molar-refractivity contribution in [2.75, 3.05) is 0 Å². The molecule has 0 saturated heterocycles. The standard InChI is InChI=1S/C21H19BrS/c1-14-4-6-16(3)19(12-14)20-13-15(2)5-7-17(20)8-9-18-10-11-21(22)23-18/h4-13H,1-3H3. The zero-order valence-electron chi connectivity index (χ0n) is 13.6. The maximum atomic E-state index is 3.52. The molecule has 0 aliphatic rings. The fourth-order valence-electron chi connectivity index (χ4n) is 2.66. The molecule has 0 unspecified atom stereocenters. The van der Waals surface area contributed by atoms with Crippen LogP contribution in [-0.4, -0.2) is 0 Å². The van der Waals surface area contributed by atoms with Gasteiger partial charge in [-0.05, 0) is 77.2 Å². The van der Waals surface area contributed by atoms with E-state index in [1.807, 2.05) is 0 Å². The van der Waals surface area contributed by atoms with Crippen LogP contribution in [0.15, 0.2) is 52.3 Å². The van der Waals surface area contributed by atoms with Gasteiger partial charge in [-0.25, -0.2) is 0 Å². The third kappa shape index (κ3) is 3.82. The minimum atomic E-state index is 1.16. The molecule has 0 amide bonds. The molecule has 0 atom stereocenters. The predicted molar refractivity (Wildman–Crippen MR) is 107 cm³/mol. The highest BCUT2D eigenvalue weighted by atomic mass is 79.9. The minimum absolute atomic E-state index is 1.16. The van der Waals surface area contributed by atoms with Crippen molar-refractivity contribution in [3.05, 3.63) is 79.4 Å². The van der Waals surface area contributed by atoms with E-state index in [1.54, 1.807) is 11.3 Å². The molecule has 0 aliphatic carbocycles. The van der Waals surface area contributed by atoms with Gasteiger partial charge in [0.15, 0.2) is 0 Å². The number of hydrogen-bond donors (Lipinski definition) is 0. The molecule has 1 aromatic heterocycles. The summed E-state index contributed by atoms with van der Waals surface area (Å²) in [6.07, 6.45) is 4.41. The van der Waals surface area contributed by atoms with Gasteiger partial charge >= 0.3 is 0 Å². The van der Waals surface area contributed by atoms with E-state index in [1.165, 1.54) is 38.3 Å². The first-order valence-corrected chi connectivity index (χ1v) is 9.25. The van der Waals surface area contributed by atoms with Crippen LogP contribution in [0.4, 0.5) is 0 Å². The first-order valence-electron chi connectivity index (χ1n) is 7.64. The van der Waals surface area contributed by atoms with Crippen molar-refractivity contribution in [2.45, 2.75) is 20.8 Å². The molecule has 3 aromatic rings. The largest absolute Gasteiger partial charge is 0.129 e. The number of benzene rings is 2. The lowest BCUT2D eigenvalue weighted by molar-refractivity contribution is 1.38. The molecule has 1 heterocycles. The monoisotopic (exact) mass is 382 g/mol. The first-order chi connectivity index (χ1) is 11.0. The molecule has 3 rings (SSSR count). The molecule has 23 heavy (non-hydrogen) atoms. The van der Waals surface area contributed by atoms with Crippen LogP contribution < -0.4 is 0 Å². The smallest absolute Gasteiger partial charge is 0.0704 e. The Morgan fingerprint density at radius 3 is 2.17 bits per heavy atom. The fourth-order valence-corrected chi connectivity index (χ4v) is 3.99. The third-order valence-electron chi connectivity index (χ3n) is 3.91. The lowest BCUT2D eigenvalue weighted by Gasteiger charge is -2.12. The highest BCUT2D eigenvalue weighted by Gasteiger charge is 2.07. The quantitative estimate of drug-likeness (QED) is 0.446. The summed E-state index contributed by atoms with van der Waals surface area (Å²) in [5.74, 6) is 0. The highest BCUT2D eigenvalue weighted by Crippen LogP contribution is 2.31. The summed E-state index contributed by atoms with van der Waals surface area (Å²) in [7, 11) is 0. The van der Waals surface area contributed by atoms with Gasteiger partial charge in [0.25, 0.3) is 0 Å². The summed E-state index contributed by atoms with van der Waals surface area (Å²) in [6, 6.07) is 17.6. The van der Waals surface area contributed by atoms with Crippen LogP contribution >= 0.6 is 27.3 Å². The van der Waals surface area contributed by atoms with E-state index in [4.69, 9.17) is 0 Å². The summed E-state index contributed by atoms with van der Waals surface area (Å²) in [5, 5.41) is 0. The van der Waals surface area contributed by atoms with Gasteiger partial charge in [0, 0.05) is 4.88 Å². The molecule has 116 valence electrons. The van der Waals surface area contributed by atoms with E-state index in [2.05, 4.69) is 97.4 Å². The van der Waals surface area contributed by atoms with Gasteiger partial charge in [-0.1, -0.05) is 53.6 Å². The Kier molecular flexibility index (Phi) is 4.84. The summed E-state index contributed by atoms with van der Waals surface area (Å²) < 4.78 is 1.16. The molecule has 2 aromatic carbocycles. The summed E-state index contributed by atoms with van der Waals surface area (Å²) >= 11 is 5.27. The molecule has 0 saturated carbocycles. The lowest BCUT2D eigenvalue weighted by Crippen LogP contribution is -1.89. The second kappa shape index (κ2) is 6.86. The van der Waals surface area contributed by atoms with E-state index >= 15 is 0 Å². The Hall–Kier alpha value is -1.64. The zero-order valence-corrected chi connectivity index (χ0v) is 16.0. The highest BCUT2D eigenvalue weighted by molar-refractivity contribution is 9.11. The summed E-state index contributed by atoms with van der Waals surface area (Å²) in [5.41, 5.74) is 7.78. The molecule has 0 N–H and O–H groups in total. The molecule has 0 radical (unpaired) electrons. The maximum Gasteiger partial charge on any atom is 0.0704 e. The summed E-state index contributed by atoms with van der Waals surface area (Å²) in [6.45, 7) is 6.48. The van der Waals surface area contributed by atoms with Gasteiger partial charge in [-0.2, -0.15) is 0 Å². The van der Waals surface area contributed by atoms with Crippen LogP contribution in [-0.2, 0) is 0 Å². The van der Waals surface area contributed by atoms with Crippen molar-refractivity contribution in [3.8, 4) is 11.1 Å². The van der Waals surface area contributed by atoms with Crippen molar-refractivity contribution < 1.29 is 0 Å². The van der Waals surface area contributed by atoms with Crippen molar-refractivity contribution in [1.82, 2.24) is 0 Å². The minimum Gasteiger partial charge on any atom is -0.129 e. The van der Waals surface area contributed by atoms with Gasteiger partial charge in [-0.3, -0.25) is 0 Å². The Morgan fingerprint density at radius 2 is 1.48 bits per heavy atom. The molecular formula is C21H19BrS. The van der Waals surface area contributed by atoms with Gasteiger partial charge < -0.3 is 0 Å². The maximum absolute atomic E-state index is 3.52. The van der Waals surface area contributed by atoms with Gasteiger partial charge in [0.05, 0.1) is 3.79 Å². The van der Waals surface area contributed by atoms with E-state index in [0.29, 0.717) is 0 Å². The van der Waals surface area contributed by atoms with Crippen molar-refractivity contribution in [1.29, 1.82) is 0 Å². The van der Waals surface area contributed by atoms with Crippen LogP contribution in [0.5, 0.6) is 0 Å². The van der Waals surface area contributed by atoms with Gasteiger partial charge in [-0.15, -0.1) is 11.3 Å². The first kappa shape index (κ1) is 16.2. The van der Waals surface area contributed by atoms with Crippen LogP contribution in [0.25, 0.3) is 23.3 Å². The molecule has 0 nitrogen and oxygen atoms in total. The van der Waals surface area contributed by atoms with E-state index in [-0.39, 0.29) is 0 Å². The Balaban J connectivity index is 2.08. The Labute approximate surface area is 150 Å². The molecule has 0 fully saturated rings. The molecule has 2 heteroatoms. The Morgan fingerprint density at radius 1 is 0.783 bits per heavy atom. The third-order valence-corrected chi connectivity index (χ3v) is 5.50. The van der Waals surface area contributed by atoms with Crippen molar-refractivity contribution in [2.24, 2.45) is 0 Å². The van der Waals surface area contributed by atoms with Crippen LogP contribution in [0, 0.1) is 20.8 Å². The predicted octanol–water partition coefficient (Wildman–Crippen LogP) is 7.27. The topological polar surface area (TPSA) is 0 Å². The van der Waals surface area contributed by atoms with Crippen molar-refractivity contribution >= 4 is 39.4 Å². The number of thiophene rings is 1. The molecule has 0 aliphatic heterocycles.